The van der Waals surface area contributed by atoms with E-state index in [2.05, 4.69) is 15.5 Å². The van der Waals surface area contributed by atoms with Crippen LogP contribution in [0.5, 0.6) is 0 Å². The number of rotatable bonds is 4. The highest BCUT2D eigenvalue weighted by Gasteiger charge is 2.37. The maximum atomic E-state index is 12.1. The second-order valence-corrected chi connectivity index (χ2v) is 4.60. The second-order valence-electron chi connectivity index (χ2n) is 4.60. The third-order valence-electron chi connectivity index (χ3n) is 3.52. The quantitative estimate of drug-likeness (QED) is 0.754. The number of amides is 1. The SMILES string of the molecule is CCc1cn[nH]c1NC(=O)[C@@H]1CCC[C@@H]1C(=O)O. The molecule has 1 aliphatic rings. The number of hydrogen-bond donors (Lipinski definition) is 3. The first-order valence-corrected chi connectivity index (χ1v) is 6.19. The summed E-state index contributed by atoms with van der Waals surface area (Å²) in [6.07, 6.45) is 4.44. The number of hydrogen-bond acceptors (Lipinski definition) is 3. The Morgan fingerprint density at radius 3 is 2.89 bits per heavy atom. The Hall–Kier alpha value is -1.85. The van der Waals surface area contributed by atoms with Crippen molar-refractivity contribution in [2.24, 2.45) is 11.8 Å². The second kappa shape index (κ2) is 5.20. The Morgan fingerprint density at radius 2 is 2.22 bits per heavy atom. The number of carboxylic acid groups (broad SMARTS) is 1. The highest BCUT2D eigenvalue weighted by molar-refractivity contribution is 5.95. The molecule has 6 nitrogen and oxygen atoms in total. The molecule has 1 aromatic heterocycles. The normalized spacial score (nSPS) is 22.9. The minimum atomic E-state index is -0.882. The van der Waals surface area contributed by atoms with E-state index < -0.39 is 17.8 Å². The largest absolute Gasteiger partial charge is 0.481 e. The van der Waals surface area contributed by atoms with Gasteiger partial charge in [-0.1, -0.05) is 13.3 Å². The molecule has 0 aromatic carbocycles. The Bertz CT molecular complexity index is 455. The summed E-state index contributed by atoms with van der Waals surface area (Å²) in [6, 6.07) is 0. The smallest absolute Gasteiger partial charge is 0.307 e. The highest BCUT2D eigenvalue weighted by atomic mass is 16.4. The minimum Gasteiger partial charge on any atom is -0.481 e. The summed E-state index contributed by atoms with van der Waals surface area (Å²) < 4.78 is 0. The van der Waals surface area contributed by atoms with Crippen LogP contribution in [0.15, 0.2) is 6.20 Å². The molecule has 98 valence electrons. The molecule has 2 atom stereocenters. The van der Waals surface area contributed by atoms with E-state index in [0.29, 0.717) is 18.7 Å². The number of aryl methyl sites for hydroxylation is 1. The van der Waals surface area contributed by atoms with Crippen molar-refractivity contribution in [1.29, 1.82) is 0 Å². The molecule has 0 unspecified atom stereocenters. The molecule has 3 N–H and O–H groups in total. The van der Waals surface area contributed by atoms with Crippen molar-refractivity contribution in [2.45, 2.75) is 32.6 Å². The van der Waals surface area contributed by atoms with Gasteiger partial charge in [0.25, 0.3) is 0 Å². The van der Waals surface area contributed by atoms with E-state index in [4.69, 9.17) is 5.11 Å². The molecule has 0 spiro atoms. The van der Waals surface area contributed by atoms with Crippen molar-refractivity contribution in [2.75, 3.05) is 5.32 Å². The predicted molar refractivity (Wildman–Crippen MR) is 65.1 cm³/mol. The Morgan fingerprint density at radius 1 is 1.50 bits per heavy atom. The van der Waals surface area contributed by atoms with Gasteiger partial charge in [0.1, 0.15) is 5.82 Å². The highest BCUT2D eigenvalue weighted by Crippen LogP contribution is 2.32. The van der Waals surface area contributed by atoms with Gasteiger partial charge >= 0.3 is 5.97 Å². The predicted octanol–water partition coefficient (Wildman–Crippen LogP) is 1.41. The fourth-order valence-electron chi connectivity index (χ4n) is 2.47. The van der Waals surface area contributed by atoms with Crippen LogP contribution in [0.25, 0.3) is 0 Å². The molecular weight excluding hydrogens is 234 g/mol. The lowest BCUT2D eigenvalue weighted by Gasteiger charge is -2.15. The van der Waals surface area contributed by atoms with E-state index >= 15 is 0 Å². The van der Waals surface area contributed by atoms with Gasteiger partial charge in [-0.25, -0.2) is 0 Å². The maximum Gasteiger partial charge on any atom is 0.307 e. The van der Waals surface area contributed by atoms with Crippen LogP contribution in [0.3, 0.4) is 0 Å². The van der Waals surface area contributed by atoms with Crippen molar-refractivity contribution in [3.05, 3.63) is 11.8 Å². The van der Waals surface area contributed by atoms with Crippen LogP contribution >= 0.6 is 0 Å². The van der Waals surface area contributed by atoms with Gasteiger partial charge in [-0.3, -0.25) is 14.7 Å². The number of nitrogens with zero attached hydrogens (tertiary/aromatic N) is 1. The first-order chi connectivity index (χ1) is 8.63. The van der Waals surface area contributed by atoms with Gasteiger partial charge in [0.2, 0.25) is 5.91 Å². The number of aromatic nitrogens is 2. The van der Waals surface area contributed by atoms with Crippen molar-refractivity contribution in [3.8, 4) is 0 Å². The van der Waals surface area contributed by atoms with Gasteiger partial charge in [0.15, 0.2) is 0 Å². The molecule has 18 heavy (non-hydrogen) atoms. The summed E-state index contributed by atoms with van der Waals surface area (Å²) in [7, 11) is 0. The van der Waals surface area contributed by atoms with Crippen molar-refractivity contribution in [3.63, 3.8) is 0 Å². The molecule has 6 heteroatoms. The molecule has 0 bridgehead atoms. The molecule has 2 rings (SSSR count). The monoisotopic (exact) mass is 251 g/mol. The fourth-order valence-corrected chi connectivity index (χ4v) is 2.47. The molecule has 1 aliphatic carbocycles. The summed E-state index contributed by atoms with van der Waals surface area (Å²) in [5.41, 5.74) is 0.924. The summed E-state index contributed by atoms with van der Waals surface area (Å²) in [4.78, 5) is 23.1. The van der Waals surface area contributed by atoms with Crippen LogP contribution in [0.4, 0.5) is 5.82 Å². The number of carboxylic acids is 1. The average molecular weight is 251 g/mol. The van der Waals surface area contributed by atoms with E-state index in [9.17, 15) is 9.59 Å². The molecule has 0 aliphatic heterocycles. The number of carbonyl (C=O) groups excluding carboxylic acids is 1. The Balaban J connectivity index is 2.06. The Labute approximate surface area is 105 Å². The van der Waals surface area contributed by atoms with Crippen LogP contribution < -0.4 is 5.32 Å². The molecule has 1 aromatic rings. The zero-order valence-electron chi connectivity index (χ0n) is 10.3. The number of aliphatic carboxylic acids is 1. The lowest BCUT2D eigenvalue weighted by molar-refractivity contribution is -0.145. The van der Waals surface area contributed by atoms with Crippen molar-refractivity contribution >= 4 is 17.7 Å². The van der Waals surface area contributed by atoms with E-state index in [1.807, 2.05) is 6.92 Å². The van der Waals surface area contributed by atoms with Gasteiger partial charge in [-0.15, -0.1) is 0 Å². The average Bonchev–Trinajstić information content (AvgIpc) is 2.96. The number of carbonyl (C=O) groups is 2. The van der Waals surface area contributed by atoms with Crippen molar-refractivity contribution < 1.29 is 14.7 Å². The van der Waals surface area contributed by atoms with Gasteiger partial charge in [-0.05, 0) is 19.3 Å². The van der Waals surface area contributed by atoms with Crippen LogP contribution in [0.2, 0.25) is 0 Å². The van der Waals surface area contributed by atoms with Gasteiger partial charge in [0.05, 0.1) is 18.0 Å². The molecule has 1 saturated carbocycles. The molecule has 1 fully saturated rings. The summed E-state index contributed by atoms with van der Waals surface area (Å²) in [5, 5.41) is 18.4. The van der Waals surface area contributed by atoms with Gasteiger partial charge < -0.3 is 10.4 Å². The van der Waals surface area contributed by atoms with Crippen LogP contribution in [0.1, 0.15) is 31.7 Å². The standard InChI is InChI=1S/C12H17N3O3/c1-2-7-6-13-15-10(7)14-11(16)8-4-3-5-9(8)12(17)18/h6,8-9H,2-5H2,1H3,(H,17,18)(H2,13,14,15,16)/t8-,9+/m1/s1. The number of nitrogens with one attached hydrogen (secondary N) is 2. The number of H-pyrrole nitrogens is 1. The molecule has 0 saturated heterocycles. The van der Waals surface area contributed by atoms with E-state index in [-0.39, 0.29) is 5.91 Å². The Kier molecular flexibility index (Phi) is 3.64. The van der Waals surface area contributed by atoms with Crippen LogP contribution in [-0.4, -0.2) is 27.2 Å². The lowest BCUT2D eigenvalue weighted by atomic mass is 9.95. The first kappa shape index (κ1) is 12.6. The molecule has 1 amide bonds. The summed E-state index contributed by atoms with van der Waals surface area (Å²) in [5.74, 6) is -1.51. The number of aromatic amines is 1. The minimum absolute atomic E-state index is 0.223. The molecule has 1 heterocycles. The third kappa shape index (κ3) is 2.37. The van der Waals surface area contributed by atoms with Crippen LogP contribution in [-0.2, 0) is 16.0 Å². The van der Waals surface area contributed by atoms with Gasteiger partial charge in [-0.2, -0.15) is 5.10 Å². The summed E-state index contributed by atoms with van der Waals surface area (Å²) in [6.45, 7) is 1.97. The topological polar surface area (TPSA) is 95.1 Å². The maximum absolute atomic E-state index is 12.1. The first-order valence-electron chi connectivity index (χ1n) is 6.19. The lowest BCUT2D eigenvalue weighted by Crippen LogP contribution is -2.30. The van der Waals surface area contributed by atoms with E-state index in [0.717, 1.165) is 18.4 Å². The third-order valence-corrected chi connectivity index (χ3v) is 3.52. The van der Waals surface area contributed by atoms with E-state index in [1.54, 1.807) is 6.20 Å². The molecule has 0 radical (unpaired) electrons. The zero-order valence-corrected chi connectivity index (χ0v) is 10.3. The number of anilines is 1. The fraction of sp³-hybridized carbons (Fsp3) is 0.583. The van der Waals surface area contributed by atoms with Gasteiger partial charge in [0, 0.05) is 5.56 Å². The van der Waals surface area contributed by atoms with Crippen LogP contribution in [0, 0.1) is 11.8 Å². The zero-order chi connectivity index (χ0) is 13.1. The molecular formula is C12H17N3O3. The summed E-state index contributed by atoms with van der Waals surface area (Å²) >= 11 is 0. The van der Waals surface area contributed by atoms with E-state index in [1.165, 1.54) is 0 Å². The van der Waals surface area contributed by atoms with Crippen molar-refractivity contribution in [1.82, 2.24) is 10.2 Å².